The molecule has 0 amide bonds. The van der Waals surface area contributed by atoms with E-state index >= 15 is 0 Å². The van der Waals surface area contributed by atoms with Gasteiger partial charge in [-0.1, -0.05) is 212 Å². The van der Waals surface area contributed by atoms with Gasteiger partial charge in [0, 0.05) is 43.2 Å². The summed E-state index contributed by atoms with van der Waals surface area (Å²) in [4.78, 5) is 0. The van der Waals surface area contributed by atoms with Gasteiger partial charge in [0.1, 0.15) is 29.5 Å². The number of hydrogen-bond acceptors (Lipinski definition) is 14. The van der Waals surface area contributed by atoms with Crippen LogP contribution >= 0.6 is 0 Å². The molecule has 1 aliphatic heterocycles. The van der Waals surface area contributed by atoms with Crippen LogP contribution in [0.5, 0.6) is 0 Å². The second kappa shape index (κ2) is 41.9. The van der Waals surface area contributed by atoms with Crippen LogP contribution < -0.4 is 14.2 Å². The summed E-state index contributed by atoms with van der Waals surface area (Å²) < 4.78 is 163. The molecule has 552 valence electrons. The minimum Gasteiger partial charge on any atom is -0.284 e. The number of para-hydroxylation sites is 1. The van der Waals surface area contributed by atoms with E-state index in [-0.39, 0.29) is 17.3 Å². The molecular formula is C73H114N4O14S7. The molecule has 0 radical (unpaired) electrons. The van der Waals surface area contributed by atoms with Crippen LogP contribution in [0.3, 0.4) is 0 Å². The van der Waals surface area contributed by atoms with Crippen LogP contribution in [0.15, 0.2) is 146 Å². The summed E-state index contributed by atoms with van der Waals surface area (Å²) in [7, 11) is -20.9. The van der Waals surface area contributed by atoms with Gasteiger partial charge in [0.25, 0.3) is 0 Å². The summed E-state index contributed by atoms with van der Waals surface area (Å²) in [5.74, 6) is 4.10. The van der Waals surface area contributed by atoms with Gasteiger partial charge in [-0.05, 0) is 148 Å². The number of benzene rings is 6. The fourth-order valence-electron chi connectivity index (χ4n) is 9.33. The number of sulfone groups is 3. The van der Waals surface area contributed by atoms with E-state index in [9.17, 15) is 58.9 Å². The second-order valence-corrected chi connectivity index (χ2v) is 41.2. The molecule has 25 heteroatoms. The molecule has 6 aromatic rings. The van der Waals surface area contributed by atoms with Crippen LogP contribution in [-0.2, 0) is 88.9 Å². The smallest absolute Gasteiger partial charge is 0.229 e. The fraction of sp³-hybridized carbons (Fsp3) is 0.507. The molecule has 0 bridgehead atoms. The maximum atomic E-state index is 11.2. The van der Waals surface area contributed by atoms with Gasteiger partial charge in [-0.25, -0.2) is 63.2 Å². The van der Waals surface area contributed by atoms with Gasteiger partial charge in [-0.2, -0.15) is 0 Å². The van der Waals surface area contributed by atoms with Gasteiger partial charge in [-0.15, -0.1) is 0 Å². The van der Waals surface area contributed by atoms with E-state index in [0.29, 0.717) is 90.0 Å². The second-order valence-electron chi connectivity index (χ2n) is 27.1. The molecule has 0 aromatic heterocycles. The molecule has 0 spiro atoms. The minimum absolute atomic E-state index is 0.230. The van der Waals surface area contributed by atoms with Crippen molar-refractivity contribution in [2.24, 2.45) is 5.92 Å². The van der Waals surface area contributed by atoms with E-state index in [1.54, 1.807) is 28.6 Å². The lowest BCUT2D eigenvalue weighted by atomic mass is 9.96. The molecule has 7 rings (SSSR count). The Bertz CT molecular complexity index is 4200. The van der Waals surface area contributed by atoms with Gasteiger partial charge < -0.3 is 0 Å². The van der Waals surface area contributed by atoms with Gasteiger partial charge in [0.2, 0.25) is 40.1 Å². The number of aryl methyl sites for hydroxylation is 3. The average molecular weight is 1500 g/mol. The number of hydrogen-bond donors (Lipinski definition) is 3. The maximum Gasteiger partial charge on any atom is 0.229 e. The van der Waals surface area contributed by atoms with Crippen LogP contribution in [0.25, 0.3) is 0 Å². The molecule has 0 atom stereocenters. The van der Waals surface area contributed by atoms with E-state index in [0.717, 1.165) is 59.6 Å². The van der Waals surface area contributed by atoms with Gasteiger partial charge in [0.05, 0.1) is 47.5 Å². The third-order valence-corrected chi connectivity index (χ3v) is 21.2. The monoisotopic (exact) mass is 1490 g/mol. The van der Waals surface area contributed by atoms with Crippen molar-refractivity contribution >= 4 is 86.7 Å². The van der Waals surface area contributed by atoms with Crippen molar-refractivity contribution in [2.45, 2.75) is 158 Å². The molecule has 6 aromatic carbocycles. The van der Waals surface area contributed by atoms with Gasteiger partial charge >= 0.3 is 0 Å². The zero-order chi connectivity index (χ0) is 75.2. The zero-order valence-electron chi connectivity index (χ0n) is 61.5. The van der Waals surface area contributed by atoms with Crippen LogP contribution in [0.2, 0.25) is 0 Å². The Kier molecular flexibility index (Phi) is 38.6. The highest BCUT2D eigenvalue weighted by Gasteiger charge is 2.28. The Balaban J connectivity index is 0.000000573. The number of nitrogens with one attached hydrogen (secondary N) is 3. The largest absolute Gasteiger partial charge is 0.284 e. The maximum absolute atomic E-state index is 11.2. The lowest BCUT2D eigenvalue weighted by molar-refractivity contribution is 0.392. The van der Waals surface area contributed by atoms with Crippen molar-refractivity contribution in [3.8, 4) is 0 Å². The van der Waals surface area contributed by atoms with Crippen LogP contribution in [0, 0.1) is 5.92 Å². The third-order valence-electron chi connectivity index (χ3n) is 14.6. The van der Waals surface area contributed by atoms with Crippen molar-refractivity contribution in [1.29, 1.82) is 0 Å². The fourth-order valence-corrected chi connectivity index (χ4v) is 14.5. The molecule has 98 heavy (non-hydrogen) atoms. The summed E-state index contributed by atoms with van der Waals surface area (Å²) in [5.41, 5.74) is 12.4. The molecule has 1 aliphatic rings. The lowest BCUT2D eigenvalue weighted by Gasteiger charge is -2.15. The Morgan fingerprint density at radius 3 is 1.19 bits per heavy atom. The van der Waals surface area contributed by atoms with Crippen molar-refractivity contribution in [2.75, 3.05) is 87.8 Å². The van der Waals surface area contributed by atoms with E-state index < -0.39 is 69.6 Å². The molecule has 1 saturated heterocycles. The van der Waals surface area contributed by atoms with Crippen molar-refractivity contribution in [3.05, 3.63) is 196 Å². The molecule has 18 nitrogen and oxygen atoms in total. The first kappa shape index (κ1) is 90.3. The van der Waals surface area contributed by atoms with E-state index in [2.05, 4.69) is 114 Å². The third kappa shape index (κ3) is 42.4. The SMILES string of the molecule is CC(C)CN1CCCS1(=O)=O.CC(C)c1ccc(CCS(C)(=O)=O)cc1.CC(C)c1ccc(NS(C)(=O)=O)cc1.CC(C)c1cccc(CCS(C)(=O)=O)c1.CC(C)c1cccc(NS(C)(=O)=O)c1.CC(C)c1ccccc1CCS(C)(=O)=O.CC(C)c1ccccc1NS(C)(=O)=O. The highest BCUT2D eigenvalue weighted by atomic mass is 32.2. The zero-order valence-corrected chi connectivity index (χ0v) is 67.2. The van der Waals surface area contributed by atoms with E-state index in [1.165, 1.54) is 41.0 Å². The number of anilines is 3. The number of rotatable bonds is 23. The Labute approximate surface area is 593 Å². The standard InChI is InChI=1S/3C12H18O2S.3C10H15NO2S.C7H15NO2S/c1-10(2)12-6-4-11(5-7-12)8-9-15(3,13)14;1-10(2)12-6-4-5-11(9-12)7-8-15(3,13)14;1-10(2)12-7-5-4-6-11(12)8-9-15(3,13)14;1-8(2)9-4-6-10(7-5-9)11-14(3,12)13;1-8(2)9-5-4-6-10(7-9)11-14(3,12)13;1-8(2)9-6-4-5-7-10(9)11-14(3,12)13;1-7(2)6-8-4-3-5-11(8,9)10/h4-7,10H,8-9H2,1-3H3;4-6,9-10H,7-8H2,1-3H3;4-7,10H,8-9H2,1-3H3;3*4-8,11H,1-3H3;7H,3-6H2,1-2H3. The Morgan fingerprint density at radius 2 is 0.776 bits per heavy atom. The number of nitrogens with zero attached hydrogens (tertiary/aromatic N) is 1. The molecule has 3 N–H and O–H groups in total. The van der Waals surface area contributed by atoms with Crippen molar-refractivity contribution < 1.29 is 58.9 Å². The summed E-state index contributed by atoms with van der Waals surface area (Å²) in [6.07, 6.45) is 9.92. The molecule has 1 fully saturated rings. The summed E-state index contributed by atoms with van der Waals surface area (Å²) in [5, 5.41) is 0. The topological polar surface area (TPSA) is 278 Å². The molecule has 0 aliphatic carbocycles. The lowest BCUT2D eigenvalue weighted by Crippen LogP contribution is -2.29. The summed E-state index contributed by atoms with van der Waals surface area (Å²) in [6.45, 7) is 30.7. The van der Waals surface area contributed by atoms with Crippen LogP contribution in [0.4, 0.5) is 17.1 Å². The molecule has 0 saturated carbocycles. The molecular weight excluding hydrogens is 1380 g/mol. The first-order valence-electron chi connectivity index (χ1n) is 32.8. The highest BCUT2D eigenvalue weighted by Crippen LogP contribution is 2.26. The Hall–Kier alpha value is -5.67. The van der Waals surface area contributed by atoms with Crippen LogP contribution in [-0.4, -0.2) is 137 Å². The predicted molar refractivity (Wildman–Crippen MR) is 414 cm³/mol. The quantitative estimate of drug-likeness (QED) is 0.0538. The van der Waals surface area contributed by atoms with Gasteiger partial charge in [-0.3, -0.25) is 14.2 Å². The first-order chi connectivity index (χ1) is 44.9. The normalized spacial score (nSPS) is 13.3. The highest BCUT2D eigenvalue weighted by molar-refractivity contribution is 7.93. The first-order valence-corrected chi connectivity index (χ1v) is 46.3. The van der Waals surface area contributed by atoms with Gasteiger partial charge in [0.15, 0.2) is 0 Å². The molecule has 0 unspecified atom stereocenters. The van der Waals surface area contributed by atoms with Crippen LogP contribution in [0.1, 0.15) is 189 Å². The Morgan fingerprint density at radius 1 is 0.378 bits per heavy atom. The summed E-state index contributed by atoms with van der Waals surface area (Å²) >= 11 is 0. The van der Waals surface area contributed by atoms with E-state index in [4.69, 9.17) is 0 Å². The minimum atomic E-state index is -3.18. The average Bonchev–Trinajstić information content (AvgIpc) is 1.73. The van der Waals surface area contributed by atoms with Crippen molar-refractivity contribution in [1.82, 2.24) is 4.31 Å². The predicted octanol–water partition coefficient (Wildman–Crippen LogP) is 14.4. The molecule has 1 heterocycles. The number of sulfonamides is 4. The van der Waals surface area contributed by atoms with Crippen molar-refractivity contribution in [3.63, 3.8) is 0 Å². The summed E-state index contributed by atoms with van der Waals surface area (Å²) in [6, 6.07) is 46.6. The van der Waals surface area contributed by atoms with E-state index in [1.807, 2.05) is 119 Å².